The first-order valence-corrected chi connectivity index (χ1v) is 6.89. The Morgan fingerprint density at radius 1 is 1.22 bits per heavy atom. The molecule has 0 saturated heterocycles. The van der Waals surface area contributed by atoms with Crippen LogP contribution in [-0.4, -0.2) is 8.42 Å². The van der Waals surface area contributed by atoms with Crippen LogP contribution in [0.3, 0.4) is 0 Å². The molecule has 0 bridgehead atoms. The number of hydrogen-bond donors (Lipinski definition) is 2. The van der Waals surface area contributed by atoms with E-state index in [1.807, 2.05) is 0 Å². The van der Waals surface area contributed by atoms with E-state index < -0.39 is 16.1 Å². The minimum atomic E-state index is -3.65. The number of benzene rings is 1. The largest absolute Gasteiger partial charge is 0.468 e. The molecule has 0 aliphatic rings. The van der Waals surface area contributed by atoms with Crippen molar-refractivity contribution in [1.29, 1.82) is 0 Å². The van der Waals surface area contributed by atoms with E-state index in [9.17, 15) is 8.42 Å². The zero-order chi connectivity index (χ0) is 13.2. The van der Waals surface area contributed by atoms with Gasteiger partial charge in [0, 0.05) is 0 Å². The van der Waals surface area contributed by atoms with Gasteiger partial charge in [0.2, 0.25) is 10.0 Å². The predicted octanol–water partition coefficient (Wildman–Crippen LogP) is 1.90. The zero-order valence-corrected chi connectivity index (χ0v) is 10.6. The summed E-state index contributed by atoms with van der Waals surface area (Å²) >= 11 is 0. The van der Waals surface area contributed by atoms with Crippen molar-refractivity contribution in [3.63, 3.8) is 0 Å². The first-order valence-electron chi connectivity index (χ1n) is 5.41. The molecule has 1 heterocycles. The fourth-order valence-electron chi connectivity index (χ4n) is 1.62. The minimum Gasteiger partial charge on any atom is -0.468 e. The van der Waals surface area contributed by atoms with Crippen molar-refractivity contribution in [2.24, 2.45) is 0 Å². The highest BCUT2D eigenvalue weighted by Gasteiger charge is 2.21. The van der Waals surface area contributed by atoms with Gasteiger partial charge in [-0.15, -0.1) is 0 Å². The Kier molecular flexibility index (Phi) is 3.40. The molecule has 1 aromatic heterocycles. The Labute approximate surface area is 106 Å². The smallest absolute Gasteiger partial charge is 0.243 e. The molecule has 0 saturated carbocycles. The molecule has 0 spiro atoms. The van der Waals surface area contributed by atoms with E-state index in [1.54, 1.807) is 37.3 Å². The number of nitrogens with two attached hydrogens (primary N) is 1. The Balaban J connectivity index is 2.26. The molecule has 18 heavy (non-hydrogen) atoms. The van der Waals surface area contributed by atoms with Gasteiger partial charge < -0.3 is 10.2 Å². The molecule has 0 aliphatic heterocycles. The van der Waals surface area contributed by atoms with E-state index in [0.29, 0.717) is 5.76 Å². The molecule has 96 valence electrons. The lowest BCUT2D eigenvalue weighted by Gasteiger charge is -2.13. The summed E-state index contributed by atoms with van der Waals surface area (Å²) in [5, 5.41) is 0. The van der Waals surface area contributed by atoms with E-state index in [2.05, 4.69) is 4.72 Å². The van der Waals surface area contributed by atoms with E-state index in [0.717, 1.165) is 0 Å². The second-order valence-corrected chi connectivity index (χ2v) is 5.58. The topological polar surface area (TPSA) is 85.3 Å². The van der Waals surface area contributed by atoms with Crippen LogP contribution in [0, 0.1) is 0 Å². The maximum absolute atomic E-state index is 12.1. The molecule has 0 amide bonds. The number of anilines is 1. The summed E-state index contributed by atoms with van der Waals surface area (Å²) in [5.74, 6) is 0.549. The van der Waals surface area contributed by atoms with Crippen molar-refractivity contribution in [1.82, 2.24) is 4.72 Å². The normalized spacial score (nSPS) is 13.4. The first kappa shape index (κ1) is 12.7. The maximum atomic E-state index is 12.1. The van der Waals surface area contributed by atoms with Crippen molar-refractivity contribution in [3.05, 3.63) is 48.4 Å². The third-order valence-electron chi connectivity index (χ3n) is 2.51. The van der Waals surface area contributed by atoms with Gasteiger partial charge >= 0.3 is 0 Å². The summed E-state index contributed by atoms with van der Waals surface area (Å²) in [5.41, 5.74) is 5.88. The monoisotopic (exact) mass is 266 g/mol. The molecule has 3 N–H and O–H groups in total. The summed E-state index contributed by atoms with van der Waals surface area (Å²) < 4.78 is 31.9. The van der Waals surface area contributed by atoms with Gasteiger partial charge in [-0.2, -0.15) is 0 Å². The van der Waals surface area contributed by atoms with Crippen molar-refractivity contribution in [2.75, 3.05) is 5.73 Å². The lowest BCUT2D eigenvalue weighted by Crippen LogP contribution is -2.27. The molecule has 2 rings (SSSR count). The Hall–Kier alpha value is -1.79. The van der Waals surface area contributed by atoms with Crippen molar-refractivity contribution in [3.8, 4) is 0 Å². The van der Waals surface area contributed by atoms with Gasteiger partial charge in [0.25, 0.3) is 0 Å². The minimum absolute atomic E-state index is 0.0726. The lowest BCUT2D eigenvalue weighted by atomic mass is 10.3. The highest BCUT2D eigenvalue weighted by Crippen LogP contribution is 2.20. The Morgan fingerprint density at radius 3 is 2.56 bits per heavy atom. The molecule has 1 aromatic carbocycles. The fraction of sp³-hybridized carbons (Fsp3) is 0.167. The van der Waals surface area contributed by atoms with E-state index in [1.165, 1.54) is 12.3 Å². The van der Waals surface area contributed by atoms with Gasteiger partial charge in [0.05, 0.1) is 18.0 Å². The number of hydrogen-bond acceptors (Lipinski definition) is 4. The van der Waals surface area contributed by atoms with E-state index >= 15 is 0 Å². The number of nitrogen functional groups attached to an aromatic ring is 1. The van der Waals surface area contributed by atoms with Crippen LogP contribution in [0.5, 0.6) is 0 Å². The Morgan fingerprint density at radius 2 is 1.94 bits per heavy atom. The van der Waals surface area contributed by atoms with Crippen molar-refractivity contribution >= 4 is 15.7 Å². The van der Waals surface area contributed by atoms with Gasteiger partial charge in [0.1, 0.15) is 10.7 Å². The summed E-state index contributed by atoms with van der Waals surface area (Å²) in [7, 11) is -3.65. The second kappa shape index (κ2) is 4.83. The molecule has 2 aromatic rings. The number of sulfonamides is 1. The summed E-state index contributed by atoms with van der Waals surface area (Å²) in [6.07, 6.45) is 1.50. The van der Waals surface area contributed by atoms with Crippen LogP contribution >= 0.6 is 0 Å². The lowest BCUT2D eigenvalue weighted by molar-refractivity contribution is 0.459. The van der Waals surface area contributed by atoms with Gasteiger partial charge in [0.15, 0.2) is 0 Å². The average molecular weight is 266 g/mol. The van der Waals surface area contributed by atoms with Gasteiger partial charge in [-0.3, -0.25) is 0 Å². The SMILES string of the molecule is CC(NS(=O)(=O)c1ccccc1N)c1ccco1. The quantitative estimate of drug-likeness (QED) is 0.828. The molecule has 0 radical (unpaired) electrons. The molecule has 6 heteroatoms. The summed E-state index contributed by atoms with van der Waals surface area (Å²) in [4.78, 5) is 0.0726. The standard InChI is InChI=1S/C12H14N2O3S/c1-9(11-6-4-8-17-11)14-18(15,16)12-7-3-2-5-10(12)13/h2-9,14H,13H2,1H3. The van der Waals surface area contributed by atoms with Crippen molar-refractivity contribution in [2.45, 2.75) is 17.9 Å². The zero-order valence-electron chi connectivity index (χ0n) is 9.83. The summed E-state index contributed by atoms with van der Waals surface area (Å²) in [6.45, 7) is 1.70. The maximum Gasteiger partial charge on any atom is 0.243 e. The molecule has 1 unspecified atom stereocenters. The average Bonchev–Trinajstić information content (AvgIpc) is 2.82. The molecular formula is C12H14N2O3S. The highest BCUT2D eigenvalue weighted by molar-refractivity contribution is 7.89. The van der Waals surface area contributed by atoms with Gasteiger partial charge in [-0.05, 0) is 31.2 Å². The second-order valence-electron chi connectivity index (χ2n) is 3.90. The fourth-order valence-corrected chi connectivity index (χ4v) is 2.96. The number of rotatable bonds is 4. The van der Waals surface area contributed by atoms with Crippen molar-refractivity contribution < 1.29 is 12.8 Å². The van der Waals surface area contributed by atoms with Crippen LogP contribution in [-0.2, 0) is 10.0 Å². The number of furan rings is 1. The molecule has 1 atom stereocenters. The van der Waals surface area contributed by atoms with Crippen LogP contribution in [0.4, 0.5) is 5.69 Å². The number of nitrogens with one attached hydrogen (secondary N) is 1. The van der Waals surface area contributed by atoms with Gasteiger partial charge in [-0.25, -0.2) is 13.1 Å². The molecule has 0 aliphatic carbocycles. The third-order valence-corrected chi connectivity index (χ3v) is 4.13. The highest BCUT2D eigenvalue weighted by atomic mass is 32.2. The van der Waals surface area contributed by atoms with Crippen LogP contribution in [0.25, 0.3) is 0 Å². The Bertz CT molecular complexity index is 621. The first-order chi connectivity index (χ1) is 8.50. The molecule has 5 nitrogen and oxygen atoms in total. The number of para-hydroxylation sites is 1. The van der Waals surface area contributed by atoms with E-state index in [4.69, 9.17) is 10.2 Å². The van der Waals surface area contributed by atoms with Crippen LogP contribution in [0.15, 0.2) is 52.0 Å². The molecular weight excluding hydrogens is 252 g/mol. The van der Waals surface area contributed by atoms with Crippen LogP contribution < -0.4 is 10.5 Å². The third kappa shape index (κ3) is 2.55. The van der Waals surface area contributed by atoms with Crippen LogP contribution in [0.1, 0.15) is 18.7 Å². The van der Waals surface area contributed by atoms with Crippen LogP contribution in [0.2, 0.25) is 0 Å². The van der Waals surface area contributed by atoms with E-state index in [-0.39, 0.29) is 10.6 Å². The molecule has 0 fully saturated rings. The predicted molar refractivity (Wildman–Crippen MR) is 68.3 cm³/mol. The summed E-state index contributed by atoms with van der Waals surface area (Å²) in [6, 6.07) is 9.29. The van der Waals surface area contributed by atoms with Gasteiger partial charge in [-0.1, -0.05) is 12.1 Å².